The first-order chi connectivity index (χ1) is 7.34. The molecule has 0 aliphatic rings. The lowest BCUT2D eigenvalue weighted by atomic mass is 10.1. The SMILES string of the molecule is COc1cc(C)ccc1NC(=O)C(C)(C)Br. The molecule has 0 radical (unpaired) electrons. The summed E-state index contributed by atoms with van der Waals surface area (Å²) in [4.78, 5) is 11.8. The molecule has 1 rings (SSSR count). The maximum absolute atomic E-state index is 11.8. The van der Waals surface area contributed by atoms with Gasteiger partial charge >= 0.3 is 0 Å². The van der Waals surface area contributed by atoms with Crippen molar-refractivity contribution in [2.24, 2.45) is 0 Å². The second kappa shape index (κ2) is 4.87. The van der Waals surface area contributed by atoms with Gasteiger partial charge in [-0.1, -0.05) is 22.0 Å². The van der Waals surface area contributed by atoms with Crippen LogP contribution >= 0.6 is 15.9 Å². The minimum Gasteiger partial charge on any atom is -0.495 e. The van der Waals surface area contributed by atoms with Crippen LogP contribution in [0.5, 0.6) is 5.75 Å². The zero-order chi connectivity index (χ0) is 12.3. The highest BCUT2D eigenvalue weighted by molar-refractivity contribution is 9.10. The van der Waals surface area contributed by atoms with Crippen molar-refractivity contribution in [1.82, 2.24) is 0 Å². The maximum atomic E-state index is 11.8. The van der Waals surface area contributed by atoms with Crippen molar-refractivity contribution in [3.8, 4) is 5.75 Å². The number of carbonyl (C=O) groups excluding carboxylic acids is 1. The van der Waals surface area contributed by atoms with Crippen LogP contribution in [-0.4, -0.2) is 17.3 Å². The van der Waals surface area contributed by atoms with Gasteiger partial charge in [0.1, 0.15) is 5.75 Å². The number of amides is 1. The lowest BCUT2D eigenvalue weighted by Gasteiger charge is -2.17. The van der Waals surface area contributed by atoms with Crippen molar-refractivity contribution in [3.05, 3.63) is 23.8 Å². The van der Waals surface area contributed by atoms with E-state index in [-0.39, 0.29) is 5.91 Å². The van der Waals surface area contributed by atoms with Gasteiger partial charge in [0.05, 0.1) is 17.1 Å². The first kappa shape index (κ1) is 13.0. The molecule has 0 aromatic heterocycles. The number of anilines is 1. The summed E-state index contributed by atoms with van der Waals surface area (Å²) in [6, 6.07) is 5.65. The molecular weight excluding hydrogens is 270 g/mol. The molecule has 1 N–H and O–H groups in total. The molecule has 0 aliphatic heterocycles. The standard InChI is InChI=1S/C12H16BrNO2/c1-8-5-6-9(10(7-8)16-4)14-11(15)12(2,3)13/h5-7H,1-4H3,(H,14,15). The summed E-state index contributed by atoms with van der Waals surface area (Å²) in [6.07, 6.45) is 0. The normalized spacial score (nSPS) is 11.1. The van der Waals surface area contributed by atoms with Crippen LogP contribution in [0.1, 0.15) is 19.4 Å². The number of alkyl halides is 1. The molecule has 0 fully saturated rings. The van der Waals surface area contributed by atoms with Gasteiger partial charge in [-0.3, -0.25) is 4.79 Å². The van der Waals surface area contributed by atoms with Crippen LogP contribution in [-0.2, 0) is 4.79 Å². The van der Waals surface area contributed by atoms with E-state index in [0.717, 1.165) is 5.56 Å². The van der Waals surface area contributed by atoms with Crippen LogP contribution in [0.3, 0.4) is 0 Å². The van der Waals surface area contributed by atoms with E-state index in [1.165, 1.54) is 0 Å². The van der Waals surface area contributed by atoms with Gasteiger partial charge in [-0.15, -0.1) is 0 Å². The maximum Gasteiger partial charge on any atom is 0.240 e. The third kappa shape index (κ3) is 3.23. The molecule has 3 nitrogen and oxygen atoms in total. The van der Waals surface area contributed by atoms with Crippen LogP contribution in [0, 0.1) is 6.92 Å². The first-order valence-corrected chi connectivity index (χ1v) is 5.79. The summed E-state index contributed by atoms with van der Waals surface area (Å²) in [5.74, 6) is 0.569. The Hall–Kier alpha value is -1.03. The average Bonchev–Trinajstić information content (AvgIpc) is 2.19. The molecule has 0 aliphatic carbocycles. The predicted molar refractivity (Wildman–Crippen MR) is 69.4 cm³/mol. The molecule has 0 unspecified atom stereocenters. The minimum absolute atomic E-state index is 0.102. The van der Waals surface area contributed by atoms with Gasteiger partial charge in [-0.25, -0.2) is 0 Å². The number of ether oxygens (including phenoxy) is 1. The van der Waals surface area contributed by atoms with Crippen LogP contribution in [0.2, 0.25) is 0 Å². The molecule has 1 aromatic carbocycles. The summed E-state index contributed by atoms with van der Waals surface area (Å²) in [5, 5.41) is 2.82. The van der Waals surface area contributed by atoms with Crippen molar-refractivity contribution in [2.45, 2.75) is 25.1 Å². The number of halogens is 1. The van der Waals surface area contributed by atoms with E-state index in [1.807, 2.05) is 25.1 Å². The van der Waals surface area contributed by atoms with E-state index in [9.17, 15) is 4.79 Å². The smallest absolute Gasteiger partial charge is 0.240 e. The van der Waals surface area contributed by atoms with Gasteiger partial charge in [-0.05, 0) is 38.5 Å². The highest BCUT2D eigenvalue weighted by Gasteiger charge is 2.24. The molecule has 1 amide bonds. The average molecular weight is 286 g/mol. The number of rotatable bonds is 3. The number of hydrogen-bond acceptors (Lipinski definition) is 2. The lowest BCUT2D eigenvalue weighted by molar-refractivity contribution is -0.117. The molecule has 16 heavy (non-hydrogen) atoms. The van der Waals surface area contributed by atoms with Crippen molar-refractivity contribution < 1.29 is 9.53 Å². The fraction of sp³-hybridized carbons (Fsp3) is 0.417. The highest BCUT2D eigenvalue weighted by Crippen LogP contribution is 2.27. The van der Waals surface area contributed by atoms with Gasteiger partial charge in [0.15, 0.2) is 0 Å². The Morgan fingerprint density at radius 3 is 2.56 bits per heavy atom. The molecule has 88 valence electrons. The molecule has 0 heterocycles. The predicted octanol–water partition coefficient (Wildman–Crippen LogP) is 3.12. The fourth-order valence-electron chi connectivity index (χ4n) is 1.17. The molecule has 0 atom stereocenters. The van der Waals surface area contributed by atoms with Gasteiger partial charge in [0.2, 0.25) is 5.91 Å². The molecule has 0 saturated heterocycles. The zero-order valence-corrected chi connectivity index (χ0v) is 11.5. The van der Waals surface area contributed by atoms with Crippen molar-refractivity contribution in [1.29, 1.82) is 0 Å². The van der Waals surface area contributed by atoms with Crippen LogP contribution in [0.15, 0.2) is 18.2 Å². The number of hydrogen-bond donors (Lipinski definition) is 1. The zero-order valence-electron chi connectivity index (χ0n) is 9.93. The monoisotopic (exact) mass is 285 g/mol. The number of carbonyl (C=O) groups is 1. The second-order valence-corrected chi connectivity index (χ2v) is 6.11. The fourth-order valence-corrected chi connectivity index (χ4v) is 1.27. The molecule has 1 aromatic rings. The van der Waals surface area contributed by atoms with Gasteiger partial charge in [0, 0.05) is 0 Å². The number of nitrogens with one attached hydrogen (secondary N) is 1. The molecule has 0 bridgehead atoms. The highest BCUT2D eigenvalue weighted by atomic mass is 79.9. The number of aryl methyl sites for hydroxylation is 1. The largest absolute Gasteiger partial charge is 0.495 e. The number of benzene rings is 1. The Bertz CT molecular complexity index is 396. The summed E-state index contributed by atoms with van der Waals surface area (Å²) >= 11 is 3.31. The Morgan fingerprint density at radius 2 is 2.06 bits per heavy atom. The Balaban J connectivity index is 2.93. The van der Waals surface area contributed by atoms with Crippen molar-refractivity contribution in [2.75, 3.05) is 12.4 Å². The van der Waals surface area contributed by atoms with Crippen LogP contribution < -0.4 is 10.1 Å². The van der Waals surface area contributed by atoms with E-state index >= 15 is 0 Å². The summed E-state index contributed by atoms with van der Waals surface area (Å²) in [6.45, 7) is 5.56. The van der Waals surface area contributed by atoms with Crippen molar-refractivity contribution in [3.63, 3.8) is 0 Å². The van der Waals surface area contributed by atoms with E-state index in [0.29, 0.717) is 11.4 Å². The molecular formula is C12H16BrNO2. The minimum atomic E-state index is -0.594. The molecule has 0 spiro atoms. The summed E-state index contributed by atoms with van der Waals surface area (Å²) in [7, 11) is 1.59. The van der Waals surface area contributed by atoms with E-state index < -0.39 is 4.32 Å². The Kier molecular flexibility index (Phi) is 3.97. The Morgan fingerprint density at radius 1 is 1.44 bits per heavy atom. The third-order valence-corrected chi connectivity index (χ3v) is 2.51. The van der Waals surface area contributed by atoms with Crippen molar-refractivity contribution >= 4 is 27.5 Å². The number of methoxy groups -OCH3 is 1. The second-order valence-electron chi connectivity index (χ2n) is 4.13. The first-order valence-electron chi connectivity index (χ1n) is 4.99. The lowest BCUT2D eigenvalue weighted by Crippen LogP contribution is -2.31. The van der Waals surface area contributed by atoms with Crippen LogP contribution in [0.4, 0.5) is 5.69 Å². The quantitative estimate of drug-likeness (QED) is 0.867. The van der Waals surface area contributed by atoms with E-state index in [1.54, 1.807) is 21.0 Å². The van der Waals surface area contributed by atoms with Gasteiger partial charge in [0.25, 0.3) is 0 Å². The van der Waals surface area contributed by atoms with Crippen LogP contribution in [0.25, 0.3) is 0 Å². The van der Waals surface area contributed by atoms with Gasteiger partial charge < -0.3 is 10.1 Å². The molecule has 0 saturated carbocycles. The van der Waals surface area contributed by atoms with E-state index in [4.69, 9.17) is 4.74 Å². The molecule has 4 heteroatoms. The topological polar surface area (TPSA) is 38.3 Å². The van der Waals surface area contributed by atoms with Gasteiger partial charge in [-0.2, -0.15) is 0 Å². The third-order valence-electron chi connectivity index (χ3n) is 2.15. The Labute approximate surface area is 104 Å². The van der Waals surface area contributed by atoms with E-state index in [2.05, 4.69) is 21.2 Å². The summed E-state index contributed by atoms with van der Waals surface area (Å²) in [5.41, 5.74) is 1.78. The summed E-state index contributed by atoms with van der Waals surface area (Å²) < 4.78 is 4.62.